The minimum absolute atomic E-state index is 0.0624. The Hall–Kier alpha value is -2.49. The first-order valence-corrected chi connectivity index (χ1v) is 8.54. The minimum atomic E-state index is -0.361. The van der Waals surface area contributed by atoms with E-state index in [-0.39, 0.29) is 17.6 Å². The summed E-state index contributed by atoms with van der Waals surface area (Å²) in [6, 6.07) is 11.4. The molecule has 0 saturated heterocycles. The molecule has 3 rings (SSSR count). The molecule has 2 aromatic carbocycles. The molecule has 0 aliphatic carbocycles. The predicted octanol–water partition coefficient (Wildman–Crippen LogP) is 4.34. The van der Waals surface area contributed by atoms with Gasteiger partial charge >= 0.3 is 0 Å². The molecule has 4 nitrogen and oxygen atoms in total. The third-order valence-electron chi connectivity index (χ3n) is 4.75. The summed E-state index contributed by atoms with van der Waals surface area (Å²) in [6.07, 6.45) is 0.711. The summed E-state index contributed by atoms with van der Waals surface area (Å²) in [6.45, 7) is 8.13. The number of hydrogen-bond donors (Lipinski definition) is 1. The van der Waals surface area contributed by atoms with Crippen LogP contribution in [0.4, 0.5) is 0 Å². The fourth-order valence-electron chi connectivity index (χ4n) is 3.21. The number of ether oxygens (including phenoxy) is 2. The van der Waals surface area contributed by atoms with E-state index in [2.05, 4.69) is 5.32 Å². The van der Waals surface area contributed by atoms with Crippen LogP contribution in [-0.4, -0.2) is 18.6 Å². The average molecular weight is 339 g/mol. The second-order valence-corrected chi connectivity index (χ2v) is 7.29. The maximum atomic E-state index is 12.7. The maximum Gasteiger partial charge on any atom is 0.251 e. The number of carbonyl (C=O) groups is 1. The van der Waals surface area contributed by atoms with Gasteiger partial charge in [-0.2, -0.15) is 0 Å². The molecule has 0 fully saturated rings. The van der Waals surface area contributed by atoms with Crippen molar-refractivity contribution in [2.75, 3.05) is 7.11 Å². The lowest BCUT2D eigenvalue weighted by Crippen LogP contribution is -2.41. The number of rotatable bonds is 3. The van der Waals surface area contributed by atoms with Gasteiger partial charge in [-0.3, -0.25) is 4.79 Å². The Morgan fingerprint density at radius 1 is 1.16 bits per heavy atom. The van der Waals surface area contributed by atoms with Crippen molar-refractivity contribution in [1.29, 1.82) is 0 Å². The zero-order chi connectivity index (χ0) is 18.2. The first-order chi connectivity index (χ1) is 11.8. The van der Waals surface area contributed by atoms with Gasteiger partial charge in [0.1, 0.15) is 17.1 Å². The van der Waals surface area contributed by atoms with E-state index in [0.29, 0.717) is 12.0 Å². The molecule has 0 aromatic heterocycles. The summed E-state index contributed by atoms with van der Waals surface area (Å²) in [4.78, 5) is 12.7. The molecule has 0 spiro atoms. The van der Waals surface area contributed by atoms with Crippen LogP contribution in [0.1, 0.15) is 53.4 Å². The summed E-state index contributed by atoms with van der Waals surface area (Å²) in [5, 5.41) is 3.17. The number of hydrogen-bond acceptors (Lipinski definition) is 3. The molecule has 1 amide bonds. The van der Waals surface area contributed by atoms with Crippen LogP contribution in [0.2, 0.25) is 0 Å². The third kappa shape index (κ3) is 3.63. The van der Waals surface area contributed by atoms with Gasteiger partial charge in [-0.05, 0) is 63.1 Å². The lowest BCUT2D eigenvalue weighted by atomic mass is 9.89. The first kappa shape index (κ1) is 17.3. The van der Waals surface area contributed by atoms with Crippen molar-refractivity contribution in [2.24, 2.45) is 0 Å². The van der Waals surface area contributed by atoms with Crippen LogP contribution in [0.5, 0.6) is 11.5 Å². The number of amides is 1. The Labute approximate surface area is 149 Å². The quantitative estimate of drug-likeness (QED) is 0.904. The monoisotopic (exact) mass is 339 g/mol. The van der Waals surface area contributed by atoms with Crippen molar-refractivity contribution >= 4 is 5.91 Å². The van der Waals surface area contributed by atoms with E-state index in [1.54, 1.807) is 7.11 Å². The molecule has 1 aliphatic rings. The largest absolute Gasteiger partial charge is 0.497 e. The fraction of sp³-hybridized carbons (Fsp3) is 0.381. The van der Waals surface area contributed by atoms with Gasteiger partial charge in [0.25, 0.3) is 5.91 Å². The highest BCUT2D eigenvalue weighted by molar-refractivity contribution is 5.94. The molecule has 4 heteroatoms. The summed E-state index contributed by atoms with van der Waals surface area (Å²) < 4.78 is 11.4. The van der Waals surface area contributed by atoms with Gasteiger partial charge in [-0.1, -0.05) is 6.07 Å². The highest BCUT2D eigenvalue weighted by Gasteiger charge is 2.35. The minimum Gasteiger partial charge on any atom is -0.497 e. The Bertz CT molecular complexity index is 811. The molecule has 25 heavy (non-hydrogen) atoms. The van der Waals surface area contributed by atoms with Crippen molar-refractivity contribution < 1.29 is 14.3 Å². The second kappa shape index (κ2) is 6.43. The van der Waals surface area contributed by atoms with E-state index in [0.717, 1.165) is 22.6 Å². The fourth-order valence-corrected chi connectivity index (χ4v) is 3.21. The molecular weight excluding hydrogens is 314 g/mol. The maximum absolute atomic E-state index is 12.7. The zero-order valence-corrected chi connectivity index (χ0v) is 15.5. The summed E-state index contributed by atoms with van der Waals surface area (Å²) in [7, 11) is 1.63. The smallest absolute Gasteiger partial charge is 0.251 e. The highest BCUT2D eigenvalue weighted by Crippen LogP contribution is 2.41. The van der Waals surface area contributed by atoms with Crippen LogP contribution < -0.4 is 14.8 Å². The summed E-state index contributed by atoms with van der Waals surface area (Å²) in [5.74, 6) is 1.45. The average Bonchev–Trinajstić information content (AvgIpc) is 2.55. The molecule has 1 atom stereocenters. The van der Waals surface area contributed by atoms with Crippen LogP contribution in [0.25, 0.3) is 0 Å². The lowest BCUT2D eigenvalue weighted by molar-refractivity contribution is 0.0617. The molecule has 1 unspecified atom stereocenters. The molecule has 1 N–H and O–H groups in total. The van der Waals surface area contributed by atoms with Gasteiger partial charge in [0, 0.05) is 23.6 Å². The molecule has 1 heterocycles. The molecule has 1 aliphatic heterocycles. The molecule has 0 radical (unpaired) electrons. The van der Waals surface area contributed by atoms with Gasteiger partial charge in [0.15, 0.2) is 0 Å². The van der Waals surface area contributed by atoms with Crippen molar-refractivity contribution in [1.82, 2.24) is 5.32 Å². The number of fused-ring (bicyclic) bond motifs is 1. The van der Waals surface area contributed by atoms with Crippen molar-refractivity contribution in [3.63, 3.8) is 0 Å². The number of benzene rings is 2. The van der Waals surface area contributed by atoms with E-state index in [1.807, 2.05) is 64.1 Å². The van der Waals surface area contributed by atoms with E-state index < -0.39 is 0 Å². The van der Waals surface area contributed by atoms with Crippen LogP contribution >= 0.6 is 0 Å². The third-order valence-corrected chi connectivity index (χ3v) is 4.75. The first-order valence-electron chi connectivity index (χ1n) is 8.54. The predicted molar refractivity (Wildman–Crippen MR) is 98.4 cm³/mol. The zero-order valence-electron chi connectivity index (χ0n) is 15.5. The second-order valence-electron chi connectivity index (χ2n) is 7.29. The molecule has 0 saturated carbocycles. The van der Waals surface area contributed by atoms with Crippen LogP contribution in [0, 0.1) is 13.8 Å². The van der Waals surface area contributed by atoms with E-state index in [1.165, 1.54) is 5.56 Å². The summed E-state index contributed by atoms with van der Waals surface area (Å²) >= 11 is 0. The highest BCUT2D eigenvalue weighted by atomic mass is 16.5. The number of carbonyl (C=O) groups excluding carboxylic acids is 1. The van der Waals surface area contributed by atoms with Gasteiger partial charge in [0.2, 0.25) is 0 Å². The number of methoxy groups -OCH3 is 1. The Kier molecular flexibility index (Phi) is 4.46. The van der Waals surface area contributed by atoms with Crippen molar-refractivity contribution in [3.05, 3.63) is 58.7 Å². The van der Waals surface area contributed by atoms with Crippen LogP contribution in [-0.2, 0) is 0 Å². The van der Waals surface area contributed by atoms with Gasteiger partial charge in [-0.25, -0.2) is 0 Å². The van der Waals surface area contributed by atoms with Gasteiger partial charge in [0.05, 0.1) is 13.2 Å². The van der Waals surface area contributed by atoms with E-state index in [4.69, 9.17) is 9.47 Å². The normalized spacial score (nSPS) is 18.0. The SMILES string of the molecule is COc1ccc2c(c1)OC(C)(C)CC2NC(=O)c1ccc(C)c(C)c1. The van der Waals surface area contributed by atoms with Crippen LogP contribution in [0.3, 0.4) is 0 Å². The Morgan fingerprint density at radius 3 is 2.60 bits per heavy atom. The molecular formula is C21H25NO3. The molecule has 0 bridgehead atoms. The number of aryl methyl sites for hydroxylation is 2. The molecule has 132 valence electrons. The van der Waals surface area contributed by atoms with E-state index >= 15 is 0 Å². The lowest BCUT2D eigenvalue weighted by Gasteiger charge is -2.38. The Morgan fingerprint density at radius 2 is 1.92 bits per heavy atom. The number of nitrogens with one attached hydrogen (secondary N) is 1. The van der Waals surface area contributed by atoms with Crippen molar-refractivity contribution in [2.45, 2.75) is 45.8 Å². The van der Waals surface area contributed by atoms with Crippen LogP contribution in [0.15, 0.2) is 36.4 Å². The standard InChI is InChI=1S/C21H25NO3/c1-13-6-7-15(10-14(13)2)20(23)22-18-12-21(3,4)25-19-11-16(24-5)8-9-17(18)19/h6-11,18H,12H2,1-5H3,(H,22,23). The van der Waals surface area contributed by atoms with Crippen molar-refractivity contribution in [3.8, 4) is 11.5 Å². The van der Waals surface area contributed by atoms with E-state index in [9.17, 15) is 4.79 Å². The van der Waals surface area contributed by atoms with Gasteiger partial charge < -0.3 is 14.8 Å². The summed E-state index contributed by atoms with van der Waals surface area (Å²) in [5.41, 5.74) is 3.60. The topological polar surface area (TPSA) is 47.6 Å². The Balaban J connectivity index is 1.89. The van der Waals surface area contributed by atoms with Gasteiger partial charge in [-0.15, -0.1) is 0 Å². The molecule has 2 aromatic rings.